The summed E-state index contributed by atoms with van der Waals surface area (Å²) in [5, 5.41) is 13.8. The fourth-order valence-corrected chi connectivity index (χ4v) is 6.14. The number of rotatable bonds is 34. The fourth-order valence-electron chi connectivity index (χ4n) is 5.40. The zero-order valence-electron chi connectivity index (χ0n) is 30.8. The topological polar surface area (TPSA) is 105 Å². The number of likely N-dealkylation sites (N-methyl/N-ethyl adjacent to an activating group) is 1. The van der Waals surface area contributed by atoms with E-state index in [1.807, 2.05) is 21.1 Å². The molecule has 0 aromatic rings. The van der Waals surface area contributed by atoms with Gasteiger partial charge in [-0.2, -0.15) is 0 Å². The maximum absolute atomic E-state index is 12.8. The molecule has 3 atom stereocenters. The molecular formula is C37H76N2O6P+. The molecule has 0 rings (SSSR count). The highest BCUT2D eigenvalue weighted by Gasteiger charge is 2.28. The summed E-state index contributed by atoms with van der Waals surface area (Å²) in [6.45, 7) is 4.80. The van der Waals surface area contributed by atoms with Gasteiger partial charge in [0.2, 0.25) is 5.91 Å². The molecule has 0 aromatic carbocycles. The van der Waals surface area contributed by atoms with Crippen molar-refractivity contribution >= 4 is 13.7 Å². The molecule has 1 amide bonds. The molecule has 3 unspecified atom stereocenters. The average molecular weight is 676 g/mol. The third-order valence-electron chi connectivity index (χ3n) is 8.49. The Bertz CT molecular complexity index is 773. The Morgan fingerprint density at radius 1 is 0.717 bits per heavy atom. The van der Waals surface area contributed by atoms with Crippen LogP contribution in [0, 0.1) is 0 Å². The SMILES string of the molecule is CCC/C=C\CCCCCCCC(=O)NC(COP(=O)(O)OCC[N+](C)(C)C)C(O)CCCCCCCCCCCCCCCC. The van der Waals surface area contributed by atoms with Crippen LogP contribution in [0.15, 0.2) is 12.2 Å². The van der Waals surface area contributed by atoms with Gasteiger partial charge < -0.3 is 19.8 Å². The molecule has 0 radical (unpaired) electrons. The lowest BCUT2D eigenvalue weighted by Gasteiger charge is -2.26. The number of phosphoric acid groups is 1. The predicted molar refractivity (Wildman–Crippen MR) is 194 cm³/mol. The van der Waals surface area contributed by atoms with Crippen LogP contribution in [0.5, 0.6) is 0 Å². The van der Waals surface area contributed by atoms with E-state index in [4.69, 9.17) is 9.05 Å². The highest BCUT2D eigenvalue weighted by molar-refractivity contribution is 7.47. The van der Waals surface area contributed by atoms with Gasteiger partial charge in [-0.15, -0.1) is 0 Å². The molecule has 0 aliphatic heterocycles. The van der Waals surface area contributed by atoms with Crippen LogP contribution in [0.25, 0.3) is 0 Å². The number of allylic oxidation sites excluding steroid dienone is 2. The summed E-state index contributed by atoms with van der Waals surface area (Å²) in [7, 11) is 1.61. The number of nitrogens with one attached hydrogen (secondary N) is 1. The second kappa shape index (κ2) is 30.3. The minimum Gasteiger partial charge on any atom is -0.391 e. The Labute approximate surface area is 284 Å². The summed E-state index contributed by atoms with van der Waals surface area (Å²) in [4.78, 5) is 22.9. The van der Waals surface area contributed by atoms with Crippen molar-refractivity contribution in [2.75, 3.05) is 40.9 Å². The standard InChI is InChI=1S/C37H75N2O6P/c1-6-8-10-12-14-16-18-19-20-21-22-24-26-28-30-36(40)35(34-45-46(42,43)44-33-32-39(3,4)5)38-37(41)31-29-27-25-23-17-15-13-11-9-7-2/h11,13,35-36,40H,6-10,12,14-34H2,1-5H3,(H-,38,41,42,43)/p+1/b13-11-. The van der Waals surface area contributed by atoms with Crippen LogP contribution in [0.3, 0.4) is 0 Å². The van der Waals surface area contributed by atoms with E-state index in [-0.39, 0.29) is 19.1 Å². The zero-order chi connectivity index (χ0) is 34.4. The molecule has 0 aromatic heterocycles. The van der Waals surface area contributed by atoms with Gasteiger partial charge in [-0.05, 0) is 32.1 Å². The van der Waals surface area contributed by atoms with Crippen LogP contribution < -0.4 is 5.32 Å². The van der Waals surface area contributed by atoms with E-state index in [1.54, 1.807) is 0 Å². The maximum Gasteiger partial charge on any atom is 0.472 e. The molecule has 0 bridgehead atoms. The minimum atomic E-state index is -4.30. The van der Waals surface area contributed by atoms with Gasteiger partial charge in [0.15, 0.2) is 0 Å². The molecule has 0 heterocycles. The maximum atomic E-state index is 12.8. The lowest BCUT2D eigenvalue weighted by molar-refractivity contribution is -0.870. The van der Waals surface area contributed by atoms with Crippen molar-refractivity contribution < 1.29 is 32.9 Å². The van der Waals surface area contributed by atoms with Crippen molar-refractivity contribution in [3.63, 3.8) is 0 Å². The number of nitrogens with zero attached hydrogens (tertiary/aromatic N) is 1. The Morgan fingerprint density at radius 2 is 1.22 bits per heavy atom. The second-order valence-electron chi connectivity index (χ2n) is 14.3. The number of amides is 1. The van der Waals surface area contributed by atoms with Gasteiger partial charge >= 0.3 is 7.82 Å². The summed E-state index contributed by atoms with van der Waals surface area (Å²) in [6, 6.07) is -0.758. The molecule has 0 saturated heterocycles. The fraction of sp³-hybridized carbons (Fsp3) is 0.919. The lowest BCUT2D eigenvalue weighted by atomic mass is 10.0. The summed E-state index contributed by atoms with van der Waals surface area (Å²) in [5.41, 5.74) is 0. The van der Waals surface area contributed by atoms with E-state index in [9.17, 15) is 19.4 Å². The molecular weight excluding hydrogens is 599 g/mol. The first-order valence-corrected chi connectivity index (χ1v) is 20.5. The Balaban J connectivity index is 4.46. The van der Waals surface area contributed by atoms with Crippen molar-refractivity contribution in [3.05, 3.63) is 12.2 Å². The minimum absolute atomic E-state index is 0.0743. The third-order valence-corrected chi connectivity index (χ3v) is 9.48. The van der Waals surface area contributed by atoms with Gasteiger partial charge in [-0.3, -0.25) is 13.8 Å². The molecule has 0 aliphatic carbocycles. The van der Waals surface area contributed by atoms with E-state index in [0.717, 1.165) is 57.8 Å². The smallest absolute Gasteiger partial charge is 0.391 e. The van der Waals surface area contributed by atoms with Gasteiger partial charge in [0.05, 0.1) is 39.9 Å². The largest absolute Gasteiger partial charge is 0.472 e. The monoisotopic (exact) mass is 676 g/mol. The normalized spacial score (nSPS) is 14.8. The van der Waals surface area contributed by atoms with Crippen molar-refractivity contribution in [3.8, 4) is 0 Å². The second-order valence-corrected chi connectivity index (χ2v) is 15.8. The molecule has 9 heteroatoms. The number of aliphatic hydroxyl groups excluding tert-OH is 1. The molecule has 0 aliphatic rings. The zero-order valence-corrected chi connectivity index (χ0v) is 31.7. The quantitative estimate of drug-likeness (QED) is 0.0272. The van der Waals surface area contributed by atoms with Gasteiger partial charge in [0, 0.05) is 6.42 Å². The van der Waals surface area contributed by atoms with Crippen molar-refractivity contribution in [2.24, 2.45) is 0 Å². The van der Waals surface area contributed by atoms with E-state index in [1.165, 1.54) is 83.5 Å². The predicted octanol–water partition coefficient (Wildman–Crippen LogP) is 9.63. The summed E-state index contributed by atoms with van der Waals surface area (Å²) < 4.78 is 23.5. The number of carbonyl (C=O) groups is 1. The molecule has 46 heavy (non-hydrogen) atoms. The van der Waals surface area contributed by atoms with Crippen molar-refractivity contribution in [1.29, 1.82) is 0 Å². The highest BCUT2D eigenvalue weighted by atomic mass is 31.2. The van der Waals surface area contributed by atoms with Crippen LogP contribution in [-0.4, -0.2) is 73.4 Å². The van der Waals surface area contributed by atoms with Crippen LogP contribution in [0.4, 0.5) is 0 Å². The number of unbranched alkanes of at least 4 members (excludes halogenated alkanes) is 19. The number of phosphoric ester groups is 1. The molecule has 3 N–H and O–H groups in total. The van der Waals surface area contributed by atoms with Crippen molar-refractivity contribution in [2.45, 2.75) is 180 Å². The first-order valence-electron chi connectivity index (χ1n) is 19.1. The highest BCUT2D eigenvalue weighted by Crippen LogP contribution is 2.43. The van der Waals surface area contributed by atoms with Crippen LogP contribution in [0.2, 0.25) is 0 Å². The van der Waals surface area contributed by atoms with E-state index in [2.05, 4.69) is 31.3 Å². The number of quaternary nitrogens is 1. The van der Waals surface area contributed by atoms with Crippen LogP contribution >= 0.6 is 7.82 Å². The molecule has 274 valence electrons. The van der Waals surface area contributed by atoms with Crippen molar-refractivity contribution in [1.82, 2.24) is 5.32 Å². The average Bonchev–Trinajstić information content (AvgIpc) is 2.99. The summed E-state index contributed by atoms with van der Waals surface area (Å²) >= 11 is 0. The molecule has 8 nitrogen and oxygen atoms in total. The van der Waals surface area contributed by atoms with Gasteiger partial charge in [0.1, 0.15) is 13.2 Å². The summed E-state index contributed by atoms with van der Waals surface area (Å²) in [6.07, 6.45) is 30.9. The lowest BCUT2D eigenvalue weighted by Crippen LogP contribution is -2.46. The number of hydrogen-bond acceptors (Lipinski definition) is 5. The van der Waals surface area contributed by atoms with E-state index < -0.39 is 20.0 Å². The Hall–Kier alpha value is -0.760. The van der Waals surface area contributed by atoms with Gasteiger partial charge in [-0.25, -0.2) is 4.57 Å². The van der Waals surface area contributed by atoms with E-state index >= 15 is 0 Å². The summed E-state index contributed by atoms with van der Waals surface area (Å²) in [5.74, 6) is -0.158. The van der Waals surface area contributed by atoms with Crippen LogP contribution in [0.1, 0.15) is 168 Å². The number of hydrogen-bond donors (Lipinski definition) is 3. The van der Waals surface area contributed by atoms with Gasteiger partial charge in [0.25, 0.3) is 0 Å². The molecule has 0 saturated carbocycles. The number of carbonyl (C=O) groups excluding carboxylic acids is 1. The Morgan fingerprint density at radius 3 is 1.76 bits per heavy atom. The first kappa shape index (κ1) is 45.2. The van der Waals surface area contributed by atoms with Crippen LogP contribution in [-0.2, 0) is 18.4 Å². The first-order chi connectivity index (χ1) is 22.0. The Kier molecular flexibility index (Phi) is 29.8. The van der Waals surface area contributed by atoms with E-state index in [0.29, 0.717) is 23.9 Å². The molecule has 0 fully saturated rings. The van der Waals surface area contributed by atoms with Gasteiger partial charge in [-0.1, -0.05) is 142 Å². The third kappa shape index (κ3) is 31.8. The molecule has 0 spiro atoms. The number of aliphatic hydroxyl groups is 1.